The molecule has 4 heteroatoms. The molecule has 0 aliphatic heterocycles. The van der Waals surface area contributed by atoms with Crippen LogP contribution in [0.15, 0.2) is 16.5 Å². The summed E-state index contributed by atoms with van der Waals surface area (Å²) in [6.07, 6.45) is 0. The molecule has 64 valence electrons. The monoisotopic (exact) mass is 173 g/mol. The first-order valence-electron chi connectivity index (χ1n) is 3.78. The number of nitrogens with zero attached hydrogens (tertiary/aromatic N) is 2. The zero-order chi connectivity index (χ0) is 9.42. The molecule has 2 rings (SSSR count). The summed E-state index contributed by atoms with van der Waals surface area (Å²) in [5.74, 6) is 0.135. The maximum Gasteiger partial charge on any atom is 0.211 e. The Bertz CT molecular complexity index is 507. The first kappa shape index (κ1) is 7.62. The molecule has 0 bridgehead atoms. The van der Waals surface area contributed by atoms with Crippen molar-refractivity contribution >= 4 is 17.0 Å². The fraction of sp³-hybridized carbons (Fsp3) is 0.111. The molecule has 0 unspecified atom stereocenters. The fourth-order valence-corrected chi connectivity index (χ4v) is 1.20. The van der Waals surface area contributed by atoms with Crippen molar-refractivity contribution in [3.05, 3.63) is 23.4 Å². The van der Waals surface area contributed by atoms with Gasteiger partial charge in [-0.05, 0) is 19.1 Å². The normalized spacial score (nSPS) is 10.2. The second-order valence-electron chi connectivity index (χ2n) is 2.75. The molecule has 0 aliphatic carbocycles. The van der Waals surface area contributed by atoms with Gasteiger partial charge < -0.3 is 10.2 Å². The fourth-order valence-electron chi connectivity index (χ4n) is 1.20. The minimum Gasteiger partial charge on any atom is -0.438 e. The van der Waals surface area contributed by atoms with Gasteiger partial charge in [-0.15, -0.1) is 0 Å². The van der Waals surface area contributed by atoms with Crippen LogP contribution < -0.4 is 5.73 Å². The zero-order valence-corrected chi connectivity index (χ0v) is 7.03. The van der Waals surface area contributed by atoms with Gasteiger partial charge in [0.1, 0.15) is 17.1 Å². The predicted molar refractivity (Wildman–Crippen MR) is 47.9 cm³/mol. The Labute approximate surface area is 74.6 Å². The van der Waals surface area contributed by atoms with Crippen molar-refractivity contribution < 1.29 is 4.42 Å². The van der Waals surface area contributed by atoms with Crippen molar-refractivity contribution in [3.8, 4) is 6.07 Å². The number of anilines is 1. The number of fused-ring (bicyclic) bond motifs is 1. The van der Waals surface area contributed by atoms with E-state index in [1.807, 2.05) is 19.1 Å². The molecule has 0 amide bonds. The molecule has 0 saturated carbocycles. The Balaban J connectivity index is 2.91. The van der Waals surface area contributed by atoms with Crippen LogP contribution in [0, 0.1) is 18.3 Å². The summed E-state index contributed by atoms with van der Waals surface area (Å²) in [4.78, 5) is 4.17. The molecule has 2 heterocycles. The van der Waals surface area contributed by atoms with Crippen molar-refractivity contribution in [1.29, 1.82) is 5.26 Å². The third kappa shape index (κ3) is 1.02. The summed E-state index contributed by atoms with van der Waals surface area (Å²) >= 11 is 0. The summed E-state index contributed by atoms with van der Waals surface area (Å²) < 4.78 is 5.14. The number of hydrogen-bond donors (Lipinski definition) is 1. The van der Waals surface area contributed by atoms with E-state index in [9.17, 15) is 0 Å². The van der Waals surface area contributed by atoms with E-state index in [0.717, 1.165) is 5.69 Å². The molecule has 2 aromatic rings. The molecular weight excluding hydrogens is 166 g/mol. The van der Waals surface area contributed by atoms with Gasteiger partial charge in [0.15, 0.2) is 5.58 Å². The second kappa shape index (κ2) is 2.49. The number of hydrogen-bond acceptors (Lipinski definition) is 4. The highest BCUT2D eigenvalue weighted by Crippen LogP contribution is 2.25. The minimum absolute atomic E-state index is 0.135. The Kier molecular flexibility index (Phi) is 1.46. The van der Waals surface area contributed by atoms with Crippen molar-refractivity contribution in [2.75, 3.05) is 5.73 Å². The topological polar surface area (TPSA) is 75.8 Å². The Hall–Kier alpha value is -2.02. The average Bonchev–Trinajstić information content (AvgIpc) is 2.40. The molecule has 0 aromatic carbocycles. The Morgan fingerprint density at radius 2 is 2.31 bits per heavy atom. The van der Waals surface area contributed by atoms with Crippen molar-refractivity contribution in [2.45, 2.75) is 6.92 Å². The number of nitrogens with two attached hydrogens (primary N) is 1. The summed E-state index contributed by atoms with van der Waals surface area (Å²) in [5.41, 5.74) is 7.74. The molecule has 0 atom stereocenters. The maximum atomic E-state index is 8.77. The molecule has 0 aliphatic rings. The van der Waals surface area contributed by atoms with E-state index in [2.05, 4.69) is 4.98 Å². The molecule has 0 radical (unpaired) electrons. The lowest BCUT2D eigenvalue weighted by Gasteiger charge is -1.89. The summed E-state index contributed by atoms with van der Waals surface area (Å²) in [5, 5.41) is 8.77. The smallest absolute Gasteiger partial charge is 0.211 e. The standard InChI is InChI=1S/C9H7N3O/c1-5-2-3-7-8(12-5)6(4-10)9(11)13-7/h2-3H,11H2,1H3. The third-order valence-electron chi connectivity index (χ3n) is 1.81. The summed E-state index contributed by atoms with van der Waals surface area (Å²) in [6, 6.07) is 5.53. The SMILES string of the molecule is Cc1ccc2oc(N)c(C#N)c2n1. The Morgan fingerprint density at radius 1 is 1.54 bits per heavy atom. The van der Waals surface area contributed by atoms with Crippen LogP contribution in [0.4, 0.5) is 5.88 Å². The van der Waals surface area contributed by atoms with E-state index in [1.165, 1.54) is 0 Å². The number of pyridine rings is 1. The summed E-state index contributed by atoms with van der Waals surface area (Å²) in [7, 11) is 0. The van der Waals surface area contributed by atoms with E-state index >= 15 is 0 Å². The second-order valence-corrected chi connectivity index (χ2v) is 2.75. The zero-order valence-electron chi connectivity index (χ0n) is 7.03. The molecule has 13 heavy (non-hydrogen) atoms. The molecule has 2 N–H and O–H groups in total. The van der Waals surface area contributed by atoms with E-state index in [1.54, 1.807) is 6.07 Å². The van der Waals surface area contributed by atoms with E-state index in [0.29, 0.717) is 16.7 Å². The number of nitriles is 1. The highest BCUT2D eigenvalue weighted by Gasteiger charge is 2.11. The maximum absolute atomic E-state index is 8.77. The minimum atomic E-state index is 0.135. The average molecular weight is 173 g/mol. The molecule has 2 aromatic heterocycles. The third-order valence-corrected chi connectivity index (χ3v) is 1.81. The van der Waals surface area contributed by atoms with Crippen molar-refractivity contribution in [1.82, 2.24) is 4.98 Å². The lowest BCUT2D eigenvalue weighted by atomic mass is 10.2. The van der Waals surface area contributed by atoms with Gasteiger partial charge in [-0.25, -0.2) is 4.98 Å². The van der Waals surface area contributed by atoms with Gasteiger partial charge in [0.25, 0.3) is 0 Å². The largest absolute Gasteiger partial charge is 0.438 e. The van der Waals surface area contributed by atoms with Crippen molar-refractivity contribution in [3.63, 3.8) is 0 Å². The van der Waals surface area contributed by atoms with E-state index in [4.69, 9.17) is 15.4 Å². The van der Waals surface area contributed by atoms with Crippen LogP contribution in [-0.2, 0) is 0 Å². The van der Waals surface area contributed by atoms with Crippen LogP contribution in [0.1, 0.15) is 11.3 Å². The van der Waals surface area contributed by atoms with Gasteiger partial charge >= 0.3 is 0 Å². The van der Waals surface area contributed by atoms with Crippen LogP contribution in [0.5, 0.6) is 0 Å². The number of furan rings is 1. The highest BCUT2D eigenvalue weighted by molar-refractivity contribution is 5.84. The molecule has 0 saturated heterocycles. The number of aromatic nitrogens is 1. The number of rotatable bonds is 0. The van der Waals surface area contributed by atoms with Gasteiger partial charge in [0, 0.05) is 5.69 Å². The summed E-state index contributed by atoms with van der Waals surface area (Å²) in [6.45, 7) is 1.85. The lowest BCUT2D eigenvalue weighted by molar-refractivity contribution is 0.635. The first-order chi connectivity index (χ1) is 6.22. The Morgan fingerprint density at radius 3 is 3.00 bits per heavy atom. The van der Waals surface area contributed by atoms with Crippen LogP contribution in [0.2, 0.25) is 0 Å². The van der Waals surface area contributed by atoms with Crippen LogP contribution in [0.25, 0.3) is 11.1 Å². The molecule has 0 spiro atoms. The van der Waals surface area contributed by atoms with Crippen LogP contribution in [-0.4, -0.2) is 4.98 Å². The van der Waals surface area contributed by atoms with Crippen molar-refractivity contribution in [2.24, 2.45) is 0 Å². The highest BCUT2D eigenvalue weighted by atomic mass is 16.3. The quantitative estimate of drug-likeness (QED) is 0.656. The first-order valence-corrected chi connectivity index (χ1v) is 3.78. The molecular formula is C9H7N3O. The molecule has 4 nitrogen and oxygen atoms in total. The van der Waals surface area contributed by atoms with E-state index < -0.39 is 0 Å². The van der Waals surface area contributed by atoms with Gasteiger partial charge in [0.2, 0.25) is 5.88 Å². The van der Waals surface area contributed by atoms with Crippen LogP contribution in [0.3, 0.4) is 0 Å². The van der Waals surface area contributed by atoms with Gasteiger partial charge in [-0.3, -0.25) is 0 Å². The van der Waals surface area contributed by atoms with E-state index in [-0.39, 0.29) is 5.88 Å². The number of nitrogen functional groups attached to an aromatic ring is 1. The number of aryl methyl sites for hydroxylation is 1. The predicted octanol–water partition coefficient (Wildman–Crippen LogP) is 1.59. The molecule has 0 fully saturated rings. The van der Waals surface area contributed by atoms with Gasteiger partial charge in [-0.1, -0.05) is 0 Å². The lowest BCUT2D eigenvalue weighted by Crippen LogP contribution is -1.85. The van der Waals surface area contributed by atoms with Gasteiger partial charge in [0.05, 0.1) is 0 Å². The van der Waals surface area contributed by atoms with Gasteiger partial charge in [-0.2, -0.15) is 5.26 Å². The van der Waals surface area contributed by atoms with Crippen LogP contribution >= 0.6 is 0 Å².